The van der Waals surface area contributed by atoms with Crippen molar-refractivity contribution in [2.24, 2.45) is 0 Å². The summed E-state index contributed by atoms with van der Waals surface area (Å²) in [4.78, 5) is 18.4. The van der Waals surface area contributed by atoms with Crippen molar-refractivity contribution >= 4 is 15.9 Å². The van der Waals surface area contributed by atoms with Crippen molar-refractivity contribution in [3.63, 3.8) is 0 Å². The average Bonchev–Trinajstić information content (AvgIpc) is 3.20. The Hall–Kier alpha value is -2.97. The summed E-state index contributed by atoms with van der Waals surface area (Å²) in [5.74, 6) is 0.251. The number of sulfonamides is 1. The molecule has 1 N–H and O–H groups in total. The lowest BCUT2D eigenvalue weighted by Crippen LogP contribution is -2.28. The second-order valence-corrected chi connectivity index (χ2v) is 8.16. The van der Waals surface area contributed by atoms with Crippen LogP contribution in [-0.2, 0) is 23.1 Å². The van der Waals surface area contributed by atoms with Gasteiger partial charge in [-0.2, -0.15) is 0 Å². The molecule has 2 heterocycles. The van der Waals surface area contributed by atoms with Crippen LogP contribution in [0.2, 0.25) is 0 Å². The van der Waals surface area contributed by atoms with Gasteiger partial charge in [-0.05, 0) is 54.4 Å². The topological polar surface area (TPSA) is 92.5 Å². The van der Waals surface area contributed by atoms with Gasteiger partial charge in [0.05, 0.1) is 17.7 Å². The Kier molecular flexibility index (Phi) is 5.91. The van der Waals surface area contributed by atoms with Crippen LogP contribution in [0.1, 0.15) is 27.2 Å². The van der Waals surface area contributed by atoms with Crippen molar-refractivity contribution in [1.29, 1.82) is 0 Å². The van der Waals surface area contributed by atoms with E-state index < -0.39 is 10.0 Å². The first-order valence-electron chi connectivity index (χ1n) is 8.64. The number of benzene rings is 1. The van der Waals surface area contributed by atoms with Crippen LogP contribution in [0.15, 0.2) is 70.4 Å². The summed E-state index contributed by atoms with van der Waals surface area (Å²) >= 11 is 0. The number of nitrogens with zero attached hydrogens (tertiary/aromatic N) is 2. The molecule has 0 atom stereocenters. The Labute approximate surface area is 164 Å². The van der Waals surface area contributed by atoms with Crippen LogP contribution < -0.4 is 4.72 Å². The largest absolute Gasteiger partial charge is 0.468 e. The molecule has 0 bridgehead atoms. The van der Waals surface area contributed by atoms with E-state index >= 15 is 0 Å². The van der Waals surface area contributed by atoms with Gasteiger partial charge >= 0.3 is 0 Å². The third-order valence-electron chi connectivity index (χ3n) is 4.28. The molecule has 1 amide bonds. The quantitative estimate of drug-likeness (QED) is 0.659. The van der Waals surface area contributed by atoms with E-state index in [1.165, 1.54) is 18.4 Å². The Morgan fingerprint density at radius 1 is 1.18 bits per heavy atom. The molecule has 0 aliphatic heterocycles. The standard InChI is InChI=1S/C20H21N3O4S/c1-15-5-6-18(28(25,26)22-13-17-4-3-11-27-17)12-19(15)20(24)23(2)14-16-7-9-21-10-8-16/h3-12,22H,13-14H2,1-2H3. The number of rotatable bonds is 7. The van der Waals surface area contributed by atoms with Gasteiger partial charge in [-0.1, -0.05) is 6.07 Å². The first kappa shape index (κ1) is 19.8. The molecule has 0 saturated carbocycles. The van der Waals surface area contributed by atoms with Crippen LogP contribution in [-0.4, -0.2) is 31.3 Å². The van der Waals surface area contributed by atoms with Crippen molar-refractivity contribution < 1.29 is 17.6 Å². The highest BCUT2D eigenvalue weighted by Gasteiger charge is 2.20. The first-order chi connectivity index (χ1) is 13.4. The van der Waals surface area contributed by atoms with Crippen molar-refractivity contribution in [2.75, 3.05) is 7.05 Å². The Balaban J connectivity index is 1.79. The van der Waals surface area contributed by atoms with Gasteiger partial charge in [-0.15, -0.1) is 0 Å². The minimum absolute atomic E-state index is 0.0327. The fraction of sp³-hybridized carbons (Fsp3) is 0.200. The van der Waals surface area contributed by atoms with Crippen molar-refractivity contribution in [3.8, 4) is 0 Å². The number of aromatic nitrogens is 1. The zero-order chi connectivity index (χ0) is 20.1. The zero-order valence-corrected chi connectivity index (χ0v) is 16.4. The normalized spacial score (nSPS) is 11.4. The molecular formula is C20H21N3O4S. The number of aryl methyl sites for hydroxylation is 1. The lowest BCUT2D eigenvalue weighted by molar-refractivity contribution is 0.0784. The fourth-order valence-corrected chi connectivity index (χ4v) is 3.72. The lowest BCUT2D eigenvalue weighted by Gasteiger charge is -2.19. The number of carbonyl (C=O) groups is 1. The van der Waals surface area contributed by atoms with Crippen molar-refractivity contribution in [2.45, 2.75) is 24.9 Å². The molecule has 8 heteroatoms. The lowest BCUT2D eigenvalue weighted by atomic mass is 10.1. The van der Waals surface area contributed by atoms with Crippen LogP contribution in [0, 0.1) is 6.92 Å². The van der Waals surface area contributed by atoms with Gasteiger partial charge < -0.3 is 9.32 Å². The summed E-state index contributed by atoms with van der Waals surface area (Å²) in [6.07, 6.45) is 4.80. The molecule has 1 aromatic carbocycles. The molecule has 3 aromatic rings. The third-order valence-corrected chi connectivity index (χ3v) is 5.68. The molecule has 0 unspecified atom stereocenters. The summed E-state index contributed by atoms with van der Waals surface area (Å²) in [5.41, 5.74) is 1.99. The SMILES string of the molecule is Cc1ccc(S(=O)(=O)NCc2ccco2)cc1C(=O)N(C)Cc1ccncc1. The van der Waals surface area contributed by atoms with E-state index in [1.54, 1.807) is 49.5 Å². The number of amides is 1. The van der Waals surface area contributed by atoms with Crippen LogP contribution in [0.4, 0.5) is 0 Å². The molecule has 28 heavy (non-hydrogen) atoms. The third kappa shape index (κ3) is 4.65. The molecule has 0 radical (unpaired) electrons. The monoisotopic (exact) mass is 399 g/mol. The molecule has 0 aliphatic rings. The highest BCUT2D eigenvalue weighted by atomic mass is 32.2. The zero-order valence-electron chi connectivity index (χ0n) is 15.6. The molecule has 7 nitrogen and oxygen atoms in total. The minimum Gasteiger partial charge on any atom is -0.468 e. The van der Waals surface area contributed by atoms with E-state index in [2.05, 4.69) is 9.71 Å². The maximum absolute atomic E-state index is 12.9. The van der Waals surface area contributed by atoms with Gasteiger partial charge in [0.25, 0.3) is 5.91 Å². The number of pyridine rings is 1. The predicted molar refractivity (Wildman–Crippen MR) is 104 cm³/mol. The molecule has 0 fully saturated rings. The Morgan fingerprint density at radius 3 is 2.61 bits per heavy atom. The molecular weight excluding hydrogens is 378 g/mol. The van der Waals surface area contributed by atoms with Crippen LogP contribution in [0.25, 0.3) is 0 Å². The van der Waals surface area contributed by atoms with E-state index in [-0.39, 0.29) is 17.3 Å². The smallest absolute Gasteiger partial charge is 0.254 e. The number of nitrogens with one attached hydrogen (secondary N) is 1. The molecule has 146 valence electrons. The predicted octanol–water partition coefficient (Wildman–Crippen LogP) is 2.73. The van der Waals surface area contributed by atoms with Crippen LogP contribution >= 0.6 is 0 Å². The summed E-state index contributed by atoms with van der Waals surface area (Å²) < 4.78 is 32.8. The summed E-state index contributed by atoms with van der Waals surface area (Å²) in [6.45, 7) is 2.21. The van der Waals surface area contributed by atoms with E-state index in [1.807, 2.05) is 12.1 Å². The number of hydrogen-bond acceptors (Lipinski definition) is 5. The molecule has 2 aromatic heterocycles. The van der Waals surface area contributed by atoms with Gasteiger partial charge in [-0.25, -0.2) is 13.1 Å². The van der Waals surface area contributed by atoms with E-state index in [0.29, 0.717) is 23.4 Å². The number of furan rings is 1. The van der Waals surface area contributed by atoms with Gasteiger partial charge in [0.2, 0.25) is 10.0 Å². The van der Waals surface area contributed by atoms with Gasteiger partial charge in [0, 0.05) is 31.5 Å². The maximum Gasteiger partial charge on any atom is 0.254 e. The summed E-state index contributed by atoms with van der Waals surface area (Å²) in [7, 11) is -2.10. The summed E-state index contributed by atoms with van der Waals surface area (Å²) in [6, 6.07) is 11.6. The molecule has 0 aliphatic carbocycles. The van der Waals surface area contributed by atoms with Gasteiger partial charge in [0.15, 0.2) is 0 Å². The van der Waals surface area contributed by atoms with E-state index in [0.717, 1.165) is 5.56 Å². The number of carbonyl (C=O) groups excluding carboxylic acids is 1. The van der Waals surface area contributed by atoms with Gasteiger partial charge in [-0.3, -0.25) is 9.78 Å². The van der Waals surface area contributed by atoms with Crippen LogP contribution in [0.5, 0.6) is 0 Å². The number of hydrogen-bond donors (Lipinski definition) is 1. The molecule has 0 spiro atoms. The maximum atomic E-state index is 12.9. The van der Waals surface area contributed by atoms with Gasteiger partial charge in [0.1, 0.15) is 5.76 Å². The van der Waals surface area contributed by atoms with Crippen molar-refractivity contribution in [3.05, 3.63) is 83.6 Å². The van der Waals surface area contributed by atoms with E-state index in [4.69, 9.17) is 4.42 Å². The van der Waals surface area contributed by atoms with Crippen LogP contribution in [0.3, 0.4) is 0 Å². The van der Waals surface area contributed by atoms with Crippen molar-refractivity contribution in [1.82, 2.24) is 14.6 Å². The second-order valence-electron chi connectivity index (χ2n) is 6.40. The second kappa shape index (κ2) is 8.37. The Morgan fingerprint density at radius 2 is 1.93 bits per heavy atom. The first-order valence-corrected chi connectivity index (χ1v) is 10.1. The molecule has 3 rings (SSSR count). The highest BCUT2D eigenvalue weighted by Crippen LogP contribution is 2.18. The highest BCUT2D eigenvalue weighted by molar-refractivity contribution is 7.89. The molecule has 0 saturated heterocycles. The average molecular weight is 399 g/mol. The van der Waals surface area contributed by atoms with E-state index in [9.17, 15) is 13.2 Å². The summed E-state index contributed by atoms with van der Waals surface area (Å²) in [5, 5.41) is 0. The Bertz CT molecular complexity index is 1050. The fourth-order valence-electron chi connectivity index (χ4n) is 2.70. The minimum atomic E-state index is -3.78.